The van der Waals surface area contributed by atoms with Crippen molar-refractivity contribution in [2.75, 3.05) is 0 Å². The molecule has 0 saturated carbocycles. The first-order valence-corrected chi connectivity index (χ1v) is 8.71. The van der Waals surface area contributed by atoms with Gasteiger partial charge in [-0.2, -0.15) is 8.42 Å². The molecule has 0 atom stereocenters. The van der Waals surface area contributed by atoms with Gasteiger partial charge in [-0.25, -0.2) is 0 Å². The molecule has 0 bridgehead atoms. The number of hydrogen-bond acceptors (Lipinski definition) is 5. The molecule has 0 N–H and O–H groups in total. The van der Waals surface area contributed by atoms with Gasteiger partial charge in [0.2, 0.25) is 0 Å². The maximum absolute atomic E-state index is 12.4. The minimum atomic E-state index is -4.05. The molecule has 0 fully saturated rings. The molecule has 3 rings (SSSR count). The van der Waals surface area contributed by atoms with Gasteiger partial charge in [0.15, 0.2) is 5.75 Å². The van der Waals surface area contributed by atoms with Crippen LogP contribution in [0.5, 0.6) is 5.75 Å². The molecule has 0 amide bonds. The fraction of sp³-hybridized carbons (Fsp3) is 0. The van der Waals surface area contributed by atoms with Gasteiger partial charge in [0, 0.05) is 17.7 Å². The number of nitrogens with zero attached hydrogens (tertiary/aromatic N) is 1. The van der Waals surface area contributed by atoms with Crippen molar-refractivity contribution in [3.05, 3.63) is 89.0 Å². The molecular formula is C18H13NO5S. The number of rotatable bonds is 5. The molecule has 0 saturated heterocycles. The van der Waals surface area contributed by atoms with Gasteiger partial charge in [-0.3, -0.25) is 10.1 Å². The Kier molecular flexibility index (Phi) is 4.49. The van der Waals surface area contributed by atoms with Crippen molar-refractivity contribution < 1.29 is 17.5 Å². The zero-order valence-electron chi connectivity index (χ0n) is 12.9. The summed E-state index contributed by atoms with van der Waals surface area (Å²) in [6.07, 6.45) is 0. The molecule has 0 heterocycles. The third-order valence-corrected chi connectivity index (χ3v) is 4.74. The van der Waals surface area contributed by atoms with Gasteiger partial charge in [-0.05, 0) is 23.8 Å². The maximum atomic E-state index is 12.4. The highest BCUT2D eigenvalue weighted by Crippen LogP contribution is 2.35. The lowest BCUT2D eigenvalue weighted by molar-refractivity contribution is -0.384. The van der Waals surface area contributed by atoms with E-state index in [9.17, 15) is 18.5 Å². The lowest BCUT2D eigenvalue weighted by atomic mass is 10.0. The van der Waals surface area contributed by atoms with Crippen molar-refractivity contribution in [3.8, 4) is 16.9 Å². The average molecular weight is 355 g/mol. The van der Waals surface area contributed by atoms with E-state index in [-0.39, 0.29) is 16.3 Å². The minimum Gasteiger partial charge on any atom is -0.378 e. The summed E-state index contributed by atoms with van der Waals surface area (Å²) in [4.78, 5) is 10.5. The van der Waals surface area contributed by atoms with Crippen LogP contribution >= 0.6 is 0 Å². The second kappa shape index (κ2) is 6.74. The van der Waals surface area contributed by atoms with Crippen LogP contribution in [0.1, 0.15) is 0 Å². The molecule has 0 aliphatic carbocycles. The lowest BCUT2D eigenvalue weighted by Crippen LogP contribution is -2.10. The molecule has 3 aromatic rings. The van der Waals surface area contributed by atoms with E-state index in [1.807, 2.05) is 0 Å². The summed E-state index contributed by atoms with van der Waals surface area (Å²) in [5, 5.41) is 11.0. The minimum absolute atomic E-state index is 0.00682. The Balaban J connectivity index is 2.09. The summed E-state index contributed by atoms with van der Waals surface area (Å²) in [6.45, 7) is 0. The van der Waals surface area contributed by atoms with Crippen LogP contribution in [0.2, 0.25) is 0 Å². The van der Waals surface area contributed by atoms with Crippen molar-refractivity contribution in [3.63, 3.8) is 0 Å². The Labute approximate surface area is 144 Å². The molecule has 0 unspecified atom stereocenters. The summed E-state index contributed by atoms with van der Waals surface area (Å²) in [7, 11) is -4.05. The molecule has 126 valence electrons. The van der Waals surface area contributed by atoms with E-state index >= 15 is 0 Å². The van der Waals surface area contributed by atoms with E-state index < -0.39 is 15.0 Å². The monoisotopic (exact) mass is 355 g/mol. The highest BCUT2D eigenvalue weighted by atomic mass is 32.2. The number of non-ortho nitro benzene ring substituents is 1. The van der Waals surface area contributed by atoms with Gasteiger partial charge in [0.1, 0.15) is 4.90 Å². The fourth-order valence-electron chi connectivity index (χ4n) is 2.30. The normalized spacial score (nSPS) is 11.0. The van der Waals surface area contributed by atoms with Crippen molar-refractivity contribution in [1.29, 1.82) is 0 Å². The van der Waals surface area contributed by atoms with E-state index in [0.717, 1.165) is 0 Å². The van der Waals surface area contributed by atoms with Crippen LogP contribution in [0.3, 0.4) is 0 Å². The zero-order chi connectivity index (χ0) is 17.9. The van der Waals surface area contributed by atoms with E-state index in [1.165, 1.54) is 30.3 Å². The molecular weight excluding hydrogens is 342 g/mol. The quantitative estimate of drug-likeness (QED) is 0.392. The van der Waals surface area contributed by atoms with Gasteiger partial charge < -0.3 is 4.18 Å². The van der Waals surface area contributed by atoms with Gasteiger partial charge in [0.25, 0.3) is 5.69 Å². The van der Waals surface area contributed by atoms with E-state index in [2.05, 4.69) is 0 Å². The summed E-state index contributed by atoms with van der Waals surface area (Å²) >= 11 is 0. The molecule has 25 heavy (non-hydrogen) atoms. The summed E-state index contributed by atoms with van der Waals surface area (Å²) in [6, 6.07) is 20.3. The molecule has 0 spiro atoms. The van der Waals surface area contributed by atoms with Gasteiger partial charge >= 0.3 is 10.1 Å². The van der Waals surface area contributed by atoms with Crippen LogP contribution in [0.4, 0.5) is 5.69 Å². The molecule has 6 nitrogen and oxygen atoms in total. The van der Waals surface area contributed by atoms with Gasteiger partial charge in [-0.15, -0.1) is 0 Å². The third-order valence-electron chi connectivity index (χ3n) is 3.49. The Morgan fingerprint density at radius 2 is 1.44 bits per heavy atom. The van der Waals surface area contributed by atoms with Crippen molar-refractivity contribution in [2.24, 2.45) is 0 Å². The van der Waals surface area contributed by atoms with Crippen LogP contribution in [-0.4, -0.2) is 13.3 Å². The van der Waals surface area contributed by atoms with Crippen LogP contribution in [0.15, 0.2) is 83.8 Å². The fourth-order valence-corrected chi connectivity index (χ4v) is 3.27. The highest BCUT2D eigenvalue weighted by Gasteiger charge is 2.20. The summed E-state index contributed by atoms with van der Waals surface area (Å²) in [5.41, 5.74) is 0.794. The maximum Gasteiger partial charge on any atom is 0.339 e. The number of hydrogen-bond donors (Lipinski definition) is 0. The molecule has 3 aromatic carbocycles. The topological polar surface area (TPSA) is 86.5 Å². The van der Waals surface area contributed by atoms with Crippen molar-refractivity contribution in [2.45, 2.75) is 4.90 Å². The smallest absolute Gasteiger partial charge is 0.339 e. The molecule has 7 heteroatoms. The predicted octanol–water partition coefficient (Wildman–Crippen LogP) is 4.03. The second-order valence-corrected chi connectivity index (χ2v) is 6.70. The zero-order valence-corrected chi connectivity index (χ0v) is 13.7. The van der Waals surface area contributed by atoms with Crippen molar-refractivity contribution in [1.82, 2.24) is 0 Å². The van der Waals surface area contributed by atoms with Crippen LogP contribution in [-0.2, 0) is 10.1 Å². The Morgan fingerprint density at radius 3 is 2.04 bits per heavy atom. The Morgan fingerprint density at radius 1 is 0.840 bits per heavy atom. The predicted molar refractivity (Wildman–Crippen MR) is 92.8 cm³/mol. The summed E-state index contributed by atoms with van der Waals surface area (Å²) in [5.74, 6) is 0.0284. The van der Waals surface area contributed by atoms with Crippen LogP contribution in [0.25, 0.3) is 11.1 Å². The lowest BCUT2D eigenvalue weighted by Gasteiger charge is -2.11. The van der Waals surface area contributed by atoms with Gasteiger partial charge in [0.05, 0.1) is 4.92 Å². The van der Waals surface area contributed by atoms with E-state index in [0.29, 0.717) is 11.1 Å². The number of benzene rings is 3. The van der Waals surface area contributed by atoms with E-state index in [4.69, 9.17) is 4.18 Å². The highest BCUT2D eigenvalue weighted by molar-refractivity contribution is 7.87. The largest absolute Gasteiger partial charge is 0.378 e. The first kappa shape index (κ1) is 16.7. The Bertz CT molecular complexity index is 1000. The first-order chi connectivity index (χ1) is 12.0. The van der Waals surface area contributed by atoms with Crippen LogP contribution in [0, 0.1) is 10.1 Å². The SMILES string of the molecule is O=[N+]([O-])c1ccc(OS(=O)(=O)c2ccccc2)c(-c2ccccc2)c1. The third kappa shape index (κ3) is 3.67. The molecule has 0 aliphatic rings. The Hall–Kier alpha value is -3.19. The molecule has 0 radical (unpaired) electrons. The number of nitro groups is 1. The van der Waals surface area contributed by atoms with Crippen molar-refractivity contribution >= 4 is 15.8 Å². The number of nitro benzene ring substituents is 1. The second-order valence-electron chi connectivity index (χ2n) is 5.15. The van der Waals surface area contributed by atoms with E-state index in [1.54, 1.807) is 48.5 Å². The molecule has 0 aromatic heterocycles. The standard InChI is InChI=1S/C18H13NO5S/c20-19(21)15-11-12-18(17(13-15)14-7-3-1-4-8-14)24-25(22,23)16-9-5-2-6-10-16/h1-13H. The van der Waals surface area contributed by atoms with Crippen LogP contribution < -0.4 is 4.18 Å². The molecule has 0 aliphatic heterocycles. The summed E-state index contributed by atoms with van der Waals surface area (Å²) < 4.78 is 30.2. The van der Waals surface area contributed by atoms with Gasteiger partial charge in [-0.1, -0.05) is 48.5 Å². The average Bonchev–Trinajstić information content (AvgIpc) is 2.63. The first-order valence-electron chi connectivity index (χ1n) is 7.31.